The van der Waals surface area contributed by atoms with Crippen LogP contribution >= 0.6 is 12.4 Å². The lowest BCUT2D eigenvalue weighted by atomic mass is 9.59. The van der Waals surface area contributed by atoms with E-state index in [2.05, 4.69) is 40.4 Å². The summed E-state index contributed by atoms with van der Waals surface area (Å²) in [6, 6.07) is 13.8. The number of carbonyl (C=O) groups is 1. The monoisotopic (exact) mass is 711 g/mol. The predicted octanol–water partition coefficient (Wildman–Crippen LogP) is 6.51. The van der Waals surface area contributed by atoms with Crippen molar-refractivity contribution < 1.29 is 22.7 Å². The Kier molecular flexibility index (Phi) is 11.0. The molecule has 12 heteroatoms. The summed E-state index contributed by atoms with van der Waals surface area (Å²) >= 11 is 0. The third kappa shape index (κ3) is 8.22. The van der Waals surface area contributed by atoms with E-state index in [1.807, 2.05) is 36.9 Å². The van der Waals surface area contributed by atoms with Gasteiger partial charge in [-0.25, -0.2) is 18.1 Å². The normalized spacial score (nSPS) is 20.9. The summed E-state index contributed by atoms with van der Waals surface area (Å²) in [5.41, 5.74) is 3.91. The number of amides is 1. The molecule has 10 nitrogen and oxygen atoms in total. The van der Waals surface area contributed by atoms with Crippen molar-refractivity contribution in [2.45, 2.75) is 83.7 Å². The zero-order valence-corrected chi connectivity index (χ0v) is 31.1. The van der Waals surface area contributed by atoms with Crippen LogP contribution in [0.2, 0.25) is 0 Å². The molecule has 0 unspecified atom stereocenters. The van der Waals surface area contributed by atoms with E-state index >= 15 is 0 Å². The third-order valence-corrected chi connectivity index (χ3v) is 11.5. The van der Waals surface area contributed by atoms with Gasteiger partial charge in [-0.2, -0.15) is 4.98 Å². The molecular formula is C37H50ClN5O5S. The van der Waals surface area contributed by atoms with Crippen LogP contribution in [0.4, 0.5) is 5.95 Å². The van der Waals surface area contributed by atoms with E-state index in [1.165, 1.54) is 12.1 Å². The van der Waals surface area contributed by atoms with Crippen LogP contribution in [0.1, 0.15) is 74.4 Å². The average Bonchev–Trinajstić information content (AvgIpc) is 3.01. The molecule has 2 fully saturated rings. The second-order valence-corrected chi connectivity index (χ2v) is 16.8. The maximum absolute atomic E-state index is 14.6. The number of benzene rings is 2. The fraction of sp³-hybridized carbons (Fsp3) is 0.541. The molecule has 49 heavy (non-hydrogen) atoms. The first-order valence-electron chi connectivity index (χ1n) is 17.0. The Morgan fingerprint density at radius 2 is 1.69 bits per heavy atom. The number of fused-ring (bicyclic) bond motifs is 4. The van der Waals surface area contributed by atoms with Gasteiger partial charge in [-0.05, 0) is 99.2 Å². The molecular weight excluding hydrogens is 662 g/mol. The minimum Gasteiger partial charge on any atom is -0.475 e. The highest BCUT2D eigenvalue weighted by molar-refractivity contribution is 7.92. The van der Waals surface area contributed by atoms with Gasteiger partial charge in [0.15, 0.2) is 0 Å². The molecule has 3 aromatic rings. The number of methoxy groups -OCH3 is 1. The van der Waals surface area contributed by atoms with E-state index in [4.69, 9.17) is 9.47 Å². The average molecular weight is 712 g/mol. The highest BCUT2D eigenvalue weighted by Gasteiger charge is 2.50. The van der Waals surface area contributed by atoms with Crippen LogP contribution in [0, 0.1) is 24.7 Å². The Balaban J connectivity index is 0.00000468. The smallest absolute Gasteiger partial charge is 0.264 e. The van der Waals surface area contributed by atoms with Crippen LogP contribution in [0.5, 0.6) is 5.88 Å². The Morgan fingerprint density at radius 1 is 1.02 bits per heavy atom. The van der Waals surface area contributed by atoms with E-state index in [0.29, 0.717) is 17.7 Å². The molecule has 1 amide bonds. The number of rotatable bonds is 6. The van der Waals surface area contributed by atoms with Crippen LogP contribution in [0.3, 0.4) is 0 Å². The topological polar surface area (TPSA) is 114 Å². The summed E-state index contributed by atoms with van der Waals surface area (Å²) < 4.78 is 41.8. The number of ether oxygens (including phenoxy) is 2. The first-order valence-corrected chi connectivity index (χ1v) is 18.5. The maximum atomic E-state index is 14.6. The van der Waals surface area contributed by atoms with Gasteiger partial charge in [0.2, 0.25) is 11.8 Å². The number of sulfonamides is 1. The summed E-state index contributed by atoms with van der Waals surface area (Å²) in [6.45, 7) is 14.5. The van der Waals surface area contributed by atoms with Gasteiger partial charge >= 0.3 is 0 Å². The van der Waals surface area contributed by atoms with Crippen molar-refractivity contribution in [3.8, 4) is 17.1 Å². The lowest BCUT2D eigenvalue weighted by Gasteiger charge is -2.56. The summed E-state index contributed by atoms with van der Waals surface area (Å²) in [5.74, 6) is 0.00445. The fourth-order valence-electron chi connectivity index (χ4n) is 7.79. The van der Waals surface area contributed by atoms with E-state index in [-0.39, 0.29) is 64.6 Å². The van der Waals surface area contributed by atoms with E-state index in [0.717, 1.165) is 68.6 Å². The van der Waals surface area contributed by atoms with Crippen molar-refractivity contribution in [2.75, 3.05) is 44.7 Å². The van der Waals surface area contributed by atoms with Crippen LogP contribution in [-0.4, -0.2) is 86.1 Å². The molecule has 2 aliphatic heterocycles. The molecule has 3 heterocycles. The Hall–Kier alpha value is -3.25. The van der Waals surface area contributed by atoms with Gasteiger partial charge < -0.3 is 19.3 Å². The fourth-order valence-corrected chi connectivity index (χ4v) is 8.78. The molecule has 266 valence electrons. The van der Waals surface area contributed by atoms with Crippen molar-refractivity contribution in [1.82, 2.24) is 19.8 Å². The number of hydrogen-bond donors (Lipinski definition) is 1. The van der Waals surface area contributed by atoms with Gasteiger partial charge in [0.1, 0.15) is 6.61 Å². The highest BCUT2D eigenvalue weighted by atomic mass is 35.5. The summed E-state index contributed by atoms with van der Waals surface area (Å²) in [6.07, 6.45) is 4.74. The van der Waals surface area contributed by atoms with Gasteiger partial charge in [0.05, 0.1) is 23.2 Å². The highest BCUT2D eigenvalue weighted by Crippen LogP contribution is 2.52. The molecule has 1 aromatic heterocycles. The van der Waals surface area contributed by atoms with Gasteiger partial charge in [-0.1, -0.05) is 45.0 Å². The van der Waals surface area contributed by atoms with Crippen LogP contribution in [0.15, 0.2) is 53.4 Å². The molecule has 0 radical (unpaired) electrons. The molecule has 6 rings (SSSR count). The number of halogens is 1. The summed E-state index contributed by atoms with van der Waals surface area (Å²) in [5, 5.41) is 0. The zero-order valence-electron chi connectivity index (χ0n) is 29.5. The van der Waals surface area contributed by atoms with Gasteiger partial charge in [-0.15, -0.1) is 12.4 Å². The molecule has 1 spiro atoms. The molecule has 2 aromatic carbocycles. The van der Waals surface area contributed by atoms with Crippen LogP contribution in [0.25, 0.3) is 11.3 Å². The number of piperidine rings is 1. The molecule has 1 N–H and O–H groups in total. The van der Waals surface area contributed by atoms with E-state index < -0.39 is 10.0 Å². The Labute approximate surface area is 297 Å². The first kappa shape index (κ1) is 37.0. The Bertz CT molecular complexity index is 1740. The quantitative estimate of drug-likeness (QED) is 0.308. The van der Waals surface area contributed by atoms with E-state index in [9.17, 15) is 13.2 Å². The standard InChI is InChI=1S/C37H49N5O5S.ClH/c1-25-9-7-10-26(2)33(25)31-20-32-39-35(38-31)40-48(44,45)30-12-8-11-27(19-30)34(43)42(29(24-47-32)21-36(3,4)5)28-22-37(23-28)13-15-41(16-14-37)17-18-46-6;/h7-12,19-20,28-29H,13-18,21-24H2,1-6H3,(H,38,39,40);1H/t29-;/m1./s1. The lowest BCUT2D eigenvalue weighted by molar-refractivity contribution is -0.0565. The van der Waals surface area contributed by atoms with Crippen molar-refractivity contribution in [3.05, 3.63) is 65.2 Å². The minimum absolute atomic E-state index is 0. The molecule has 3 aliphatic rings. The number of hydrogen-bond acceptors (Lipinski definition) is 8. The summed E-state index contributed by atoms with van der Waals surface area (Å²) in [4.78, 5) is 28.2. The molecule has 1 saturated carbocycles. The predicted molar refractivity (Wildman–Crippen MR) is 194 cm³/mol. The van der Waals surface area contributed by atoms with Crippen molar-refractivity contribution >= 4 is 34.3 Å². The number of likely N-dealkylation sites (tertiary alicyclic amines) is 1. The molecule has 1 atom stereocenters. The zero-order chi connectivity index (χ0) is 34.3. The maximum Gasteiger partial charge on any atom is 0.264 e. The number of aromatic nitrogens is 2. The number of carbonyl (C=O) groups excluding carboxylic acids is 1. The first-order chi connectivity index (χ1) is 22.8. The SMILES string of the molecule is COCCN1CCC2(CC1)CC(N1C(=O)c3cccc(c3)S(=O)(=O)Nc3nc(cc(-c4c(C)cccc4C)n3)OC[C@H]1CC(C)(C)C)C2.Cl. The number of anilines is 1. The number of aryl methyl sites for hydroxylation is 2. The van der Waals surface area contributed by atoms with Crippen molar-refractivity contribution in [3.63, 3.8) is 0 Å². The van der Waals surface area contributed by atoms with Crippen LogP contribution in [-0.2, 0) is 14.8 Å². The second kappa shape index (κ2) is 14.5. The third-order valence-electron chi connectivity index (χ3n) is 10.2. The van der Waals surface area contributed by atoms with Gasteiger partial charge in [0, 0.05) is 36.9 Å². The van der Waals surface area contributed by atoms with Crippen molar-refractivity contribution in [2.24, 2.45) is 10.8 Å². The Morgan fingerprint density at radius 3 is 2.35 bits per heavy atom. The molecule has 1 saturated heterocycles. The number of nitrogens with one attached hydrogen (secondary N) is 1. The molecule has 4 bridgehead atoms. The van der Waals surface area contributed by atoms with Crippen LogP contribution < -0.4 is 9.46 Å². The van der Waals surface area contributed by atoms with Gasteiger partial charge in [0.25, 0.3) is 15.9 Å². The second-order valence-electron chi connectivity index (χ2n) is 15.2. The van der Waals surface area contributed by atoms with Crippen molar-refractivity contribution in [1.29, 1.82) is 0 Å². The van der Waals surface area contributed by atoms with E-state index in [1.54, 1.807) is 25.3 Å². The minimum atomic E-state index is -4.12. The lowest BCUT2D eigenvalue weighted by Crippen LogP contribution is -2.60. The largest absolute Gasteiger partial charge is 0.475 e. The van der Waals surface area contributed by atoms with Gasteiger partial charge in [-0.3, -0.25) is 4.79 Å². The summed E-state index contributed by atoms with van der Waals surface area (Å²) in [7, 11) is -2.38. The molecule has 1 aliphatic carbocycles. The number of nitrogens with zero attached hydrogens (tertiary/aromatic N) is 4.